The number of hydrogen-bond acceptors (Lipinski definition) is 8. The number of nitrogens with two attached hydrogens (primary N) is 1. The molecule has 2 aromatic carbocycles. The molecule has 2 saturated heterocycles. The van der Waals surface area contributed by atoms with Crippen molar-refractivity contribution in [3.05, 3.63) is 51.5 Å². The smallest absolute Gasteiger partial charge is 0.157 e. The number of nitriles is 1. The lowest BCUT2D eigenvalue weighted by atomic mass is 9.87. The van der Waals surface area contributed by atoms with E-state index in [4.69, 9.17) is 26.8 Å². The van der Waals surface area contributed by atoms with Crippen molar-refractivity contribution in [3.63, 3.8) is 0 Å². The minimum atomic E-state index is -0.393. The van der Waals surface area contributed by atoms with Crippen molar-refractivity contribution >= 4 is 34.7 Å². The van der Waals surface area contributed by atoms with Crippen molar-refractivity contribution in [3.8, 4) is 17.2 Å². The van der Waals surface area contributed by atoms with Crippen molar-refractivity contribution in [2.24, 2.45) is 0 Å². The molecule has 2 aliphatic rings. The highest BCUT2D eigenvalue weighted by Crippen LogP contribution is 2.41. The third-order valence-corrected chi connectivity index (χ3v) is 9.07. The van der Waals surface area contributed by atoms with Crippen LogP contribution in [-0.4, -0.2) is 61.1 Å². The number of nitrogens with one attached hydrogen (secondary N) is 4. The molecule has 0 amide bonds. The number of likely N-dealkylation sites (tertiary alicyclic amines) is 1. The highest BCUT2D eigenvalue weighted by molar-refractivity contribution is 6.05. The van der Waals surface area contributed by atoms with Crippen molar-refractivity contribution < 1.29 is 4.39 Å². The number of hydrogen-bond donors (Lipinski definition) is 5. The zero-order chi connectivity index (χ0) is 31.3. The quantitative estimate of drug-likeness (QED) is 0.156. The van der Waals surface area contributed by atoms with Crippen LogP contribution in [0.2, 0.25) is 0 Å². The molecule has 9 heteroatoms. The highest BCUT2D eigenvalue weighted by atomic mass is 19.1. The number of benzene rings is 2. The Balaban J connectivity index is 0.00000135. The number of aromatic nitrogens is 1. The third-order valence-electron chi connectivity index (χ3n) is 9.07. The number of aryl methyl sites for hydroxylation is 3. The van der Waals surface area contributed by atoms with Gasteiger partial charge in [-0.05, 0) is 120 Å². The molecule has 228 valence electrons. The number of nitrogens with zero attached hydrogens (tertiary/aromatic N) is 3. The van der Waals surface area contributed by atoms with Gasteiger partial charge in [0.2, 0.25) is 0 Å². The van der Waals surface area contributed by atoms with E-state index in [2.05, 4.69) is 22.6 Å². The van der Waals surface area contributed by atoms with Crippen molar-refractivity contribution in [1.29, 1.82) is 16.1 Å². The van der Waals surface area contributed by atoms with Crippen LogP contribution in [0.4, 0.5) is 15.8 Å². The van der Waals surface area contributed by atoms with Crippen LogP contribution in [0.3, 0.4) is 0 Å². The molecular formula is C34H45FN8. The molecule has 1 aromatic heterocycles. The van der Waals surface area contributed by atoms with Gasteiger partial charge in [0, 0.05) is 59.2 Å². The summed E-state index contributed by atoms with van der Waals surface area (Å²) in [5.74, 6) is -0.393. The first-order valence-electron chi connectivity index (χ1n) is 15.2. The van der Waals surface area contributed by atoms with Gasteiger partial charge in [-0.15, -0.1) is 0 Å². The molecule has 3 aromatic rings. The summed E-state index contributed by atoms with van der Waals surface area (Å²) in [6.45, 7) is 10.2. The average Bonchev–Trinajstić information content (AvgIpc) is 3.40. The SMILES string of the molecule is CC#N.Cc1cc(N)c(C=N)c(-c2c(C)cc3c(NC4CCNCC4)c(C=N)c(CCC4CCCN4C)nc3c2F)c1C. The predicted molar refractivity (Wildman–Crippen MR) is 176 cm³/mol. The number of rotatable bonds is 8. The van der Waals surface area contributed by atoms with Crippen molar-refractivity contribution in [2.45, 2.75) is 78.3 Å². The van der Waals surface area contributed by atoms with Gasteiger partial charge in [-0.3, -0.25) is 0 Å². The fourth-order valence-corrected chi connectivity index (χ4v) is 6.62. The summed E-state index contributed by atoms with van der Waals surface area (Å²) < 4.78 is 16.9. The van der Waals surface area contributed by atoms with E-state index in [9.17, 15) is 0 Å². The summed E-state index contributed by atoms with van der Waals surface area (Å²) in [7, 11) is 2.17. The number of anilines is 2. The van der Waals surface area contributed by atoms with Crippen LogP contribution >= 0.6 is 0 Å². The molecule has 0 bridgehead atoms. The summed E-state index contributed by atoms with van der Waals surface area (Å²) in [6.07, 6.45) is 8.50. The molecule has 1 unspecified atom stereocenters. The zero-order valence-corrected chi connectivity index (χ0v) is 26.1. The number of piperidine rings is 1. The standard InChI is InChI=1S/C32H42FN7.C2H3N/c1-18-15-26(36)24(16-34)29(20(18)3)28-19(2)14-23-31(38-21-9-11-37-12-10-21)25(17-35)27(39-32(23)30(28)33)8-7-22-6-5-13-40(22)4;1-2-3/h14-17,21-22,34-35,37H,5-13,36H2,1-4H3,(H,38,39);1H3. The molecule has 0 spiro atoms. The lowest BCUT2D eigenvalue weighted by Gasteiger charge is -2.28. The largest absolute Gasteiger partial charge is 0.398 e. The summed E-state index contributed by atoms with van der Waals surface area (Å²) in [4.78, 5) is 7.35. The Kier molecular flexibility index (Phi) is 10.5. The first-order valence-corrected chi connectivity index (χ1v) is 15.2. The number of fused-ring (bicyclic) bond motifs is 1. The van der Waals surface area contributed by atoms with Gasteiger partial charge in [-0.2, -0.15) is 5.26 Å². The summed E-state index contributed by atoms with van der Waals surface area (Å²) >= 11 is 0. The van der Waals surface area contributed by atoms with Gasteiger partial charge in [0.05, 0.1) is 17.5 Å². The molecule has 0 aliphatic carbocycles. The van der Waals surface area contributed by atoms with Gasteiger partial charge in [0.15, 0.2) is 5.82 Å². The Morgan fingerprint density at radius 3 is 2.40 bits per heavy atom. The lowest BCUT2D eigenvalue weighted by molar-refractivity contribution is 0.296. The van der Waals surface area contributed by atoms with Crippen LogP contribution in [0, 0.1) is 48.7 Å². The van der Waals surface area contributed by atoms with Gasteiger partial charge in [-0.25, -0.2) is 9.37 Å². The van der Waals surface area contributed by atoms with Crippen LogP contribution in [0.25, 0.3) is 22.0 Å². The predicted octanol–water partition coefficient (Wildman–Crippen LogP) is 6.26. The summed E-state index contributed by atoms with van der Waals surface area (Å²) in [6, 6.07) is 6.31. The Morgan fingerprint density at radius 2 is 1.79 bits per heavy atom. The molecule has 1 atom stereocenters. The van der Waals surface area contributed by atoms with Crippen molar-refractivity contribution in [1.82, 2.24) is 15.2 Å². The number of pyridine rings is 1. The van der Waals surface area contributed by atoms with Gasteiger partial charge in [0.25, 0.3) is 0 Å². The monoisotopic (exact) mass is 584 g/mol. The Bertz CT molecular complexity index is 1550. The van der Waals surface area contributed by atoms with Gasteiger partial charge >= 0.3 is 0 Å². The molecule has 2 aliphatic heterocycles. The topological polar surface area (TPSA) is 138 Å². The maximum Gasteiger partial charge on any atom is 0.157 e. The number of nitrogen functional groups attached to an aromatic ring is 1. The van der Waals surface area contributed by atoms with E-state index in [0.29, 0.717) is 45.7 Å². The molecule has 5 rings (SSSR count). The van der Waals surface area contributed by atoms with Crippen LogP contribution < -0.4 is 16.4 Å². The summed E-state index contributed by atoms with van der Waals surface area (Å²) in [5, 5.41) is 31.6. The van der Waals surface area contributed by atoms with E-state index < -0.39 is 5.82 Å². The van der Waals surface area contributed by atoms with E-state index >= 15 is 4.39 Å². The van der Waals surface area contributed by atoms with Crippen LogP contribution in [0.15, 0.2) is 12.1 Å². The molecule has 43 heavy (non-hydrogen) atoms. The highest BCUT2D eigenvalue weighted by Gasteiger charge is 2.27. The van der Waals surface area contributed by atoms with Gasteiger partial charge < -0.3 is 32.1 Å². The summed E-state index contributed by atoms with van der Waals surface area (Å²) in [5.41, 5.74) is 13.7. The second kappa shape index (κ2) is 14.1. The maximum absolute atomic E-state index is 16.9. The Labute approximate surface area is 254 Å². The normalized spacial score (nSPS) is 17.3. The lowest BCUT2D eigenvalue weighted by Crippen LogP contribution is -2.35. The molecule has 6 N–H and O–H groups in total. The van der Waals surface area contributed by atoms with E-state index in [1.165, 1.54) is 25.8 Å². The molecule has 2 fully saturated rings. The first kappa shape index (κ1) is 32.1. The minimum absolute atomic E-state index is 0.241. The van der Waals surface area contributed by atoms with Gasteiger partial charge in [-0.1, -0.05) is 0 Å². The van der Waals surface area contributed by atoms with Crippen LogP contribution in [0.1, 0.15) is 72.5 Å². The maximum atomic E-state index is 16.9. The Morgan fingerprint density at radius 1 is 1.12 bits per heavy atom. The van der Waals surface area contributed by atoms with Crippen LogP contribution in [-0.2, 0) is 6.42 Å². The number of halogens is 1. The minimum Gasteiger partial charge on any atom is -0.398 e. The second-order valence-corrected chi connectivity index (χ2v) is 11.8. The Hall–Kier alpha value is -3.87. The fourth-order valence-electron chi connectivity index (χ4n) is 6.62. The third kappa shape index (κ3) is 6.56. The molecular weight excluding hydrogens is 539 g/mol. The van der Waals surface area contributed by atoms with E-state index in [-0.39, 0.29) is 6.04 Å². The molecule has 0 saturated carbocycles. The van der Waals surface area contributed by atoms with E-state index in [1.54, 1.807) is 6.07 Å². The molecule has 8 nitrogen and oxygen atoms in total. The van der Waals surface area contributed by atoms with E-state index in [1.807, 2.05) is 32.9 Å². The molecule has 0 radical (unpaired) electrons. The van der Waals surface area contributed by atoms with E-state index in [0.717, 1.165) is 79.0 Å². The first-order chi connectivity index (χ1) is 20.7. The average molecular weight is 585 g/mol. The zero-order valence-electron chi connectivity index (χ0n) is 26.1. The fraction of sp³-hybridized carbons (Fsp3) is 0.471. The van der Waals surface area contributed by atoms with Gasteiger partial charge in [0.1, 0.15) is 5.52 Å². The second-order valence-electron chi connectivity index (χ2n) is 11.8. The molecule has 3 heterocycles. The van der Waals surface area contributed by atoms with Crippen LogP contribution in [0.5, 0.6) is 0 Å². The van der Waals surface area contributed by atoms with Crippen molar-refractivity contribution in [2.75, 3.05) is 37.7 Å².